The molecule has 0 saturated heterocycles. The highest BCUT2D eigenvalue weighted by molar-refractivity contribution is 7.85. The van der Waals surface area contributed by atoms with Gasteiger partial charge in [-0.1, -0.05) is 36.4 Å². The quantitative estimate of drug-likeness (QED) is 0.333. The van der Waals surface area contributed by atoms with Gasteiger partial charge in [0, 0.05) is 5.56 Å². The number of guanidine groups is 1. The lowest BCUT2D eigenvalue weighted by Gasteiger charge is -2.23. The van der Waals surface area contributed by atoms with Gasteiger partial charge in [-0.25, -0.2) is 0 Å². The molecule has 1 aliphatic carbocycles. The third-order valence-corrected chi connectivity index (χ3v) is 4.16. The predicted octanol–water partition coefficient (Wildman–Crippen LogP) is 1.34. The molecule has 1 aliphatic rings. The molecule has 0 spiro atoms. The molecule has 154 valence electrons. The van der Waals surface area contributed by atoms with E-state index in [1.807, 2.05) is 24.3 Å². The van der Waals surface area contributed by atoms with E-state index >= 15 is 0 Å². The third kappa shape index (κ3) is 6.53. The van der Waals surface area contributed by atoms with E-state index in [1.54, 1.807) is 18.2 Å². The Morgan fingerprint density at radius 1 is 1.10 bits per heavy atom. The molecular formula is C20H23N3O5S. The van der Waals surface area contributed by atoms with Gasteiger partial charge in [-0.3, -0.25) is 9.35 Å². The molecule has 0 atom stereocenters. The summed E-state index contributed by atoms with van der Waals surface area (Å²) in [7, 11) is -3.67. The number of nitrogens with zero attached hydrogens (tertiary/aromatic N) is 1. The van der Waals surface area contributed by atoms with Crippen LogP contribution in [0, 0.1) is 0 Å². The van der Waals surface area contributed by atoms with Crippen molar-refractivity contribution in [3.8, 4) is 0 Å². The van der Waals surface area contributed by atoms with Crippen molar-refractivity contribution in [2.24, 2.45) is 16.5 Å². The fourth-order valence-corrected chi connectivity index (χ4v) is 3.09. The van der Waals surface area contributed by atoms with Crippen LogP contribution in [0.2, 0.25) is 0 Å². The number of aliphatic hydroxyl groups is 1. The van der Waals surface area contributed by atoms with Gasteiger partial charge in [-0.15, -0.1) is 0 Å². The summed E-state index contributed by atoms with van der Waals surface area (Å²) in [6, 6.07) is 15.3. The van der Waals surface area contributed by atoms with Gasteiger partial charge >= 0.3 is 0 Å². The first-order valence-corrected chi connectivity index (χ1v) is 10.5. The highest BCUT2D eigenvalue weighted by Gasteiger charge is 2.20. The Bertz CT molecular complexity index is 1060. The van der Waals surface area contributed by atoms with Crippen LogP contribution >= 0.6 is 0 Å². The van der Waals surface area contributed by atoms with Gasteiger partial charge in [0.05, 0.1) is 12.9 Å². The molecule has 6 N–H and O–H groups in total. The van der Waals surface area contributed by atoms with Crippen LogP contribution in [-0.4, -0.2) is 42.8 Å². The summed E-state index contributed by atoms with van der Waals surface area (Å²) in [6.07, 6.45) is 2.42. The summed E-state index contributed by atoms with van der Waals surface area (Å²) in [5, 5.41) is 9.77. The lowest BCUT2D eigenvalue weighted by Crippen LogP contribution is -2.24. The molecule has 9 heteroatoms. The number of carbonyl (C=O) groups excluding carboxylic acids is 1. The first-order chi connectivity index (χ1) is 13.6. The summed E-state index contributed by atoms with van der Waals surface area (Å²) in [5.74, 6) is -0.740. The van der Waals surface area contributed by atoms with Gasteiger partial charge in [-0.2, -0.15) is 13.4 Å². The maximum absolute atomic E-state index is 12.1. The van der Waals surface area contributed by atoms with Gasteiger partial charge in [0.1, 0.15) is 0 Å². The van der Waals surface area contributed by atoms with Crippen molar-refractivity contribution in [3.63, 3.8) is 0 Å². The van der Waals surface area contributed by atoms with Crippen molar-refractivity contribution < 1.29 is 22.9 Å². The van der Waals surface area contributed by atoms with Gasteiger partial charge in [-0.05, 0) is 52.8 Å². The van der Waals surface area contributed by atoms with E-state index in [4.69, 9.17) is 16.0 Å². The van der Waals surface area contributed by atoms with Gasteiger partial charge in [0.25, 0.3) is 16.0 Å². The second-order valence-corrected chi connectivity index (χ2v) is 7.92. The highest BCUT2D eigenvalue weighted by atomic mass is 32.2. The smallest absolute Gasteiger partial charge is 0.280 e. The molecular weight excluding hydrogens is 394 g/mol. The van der Waals surface area contributed by atoms with Crippen LogP contribution in [0.1, 0.15) is 33.5 Å². The average molecular weight is 417 g/mol. The zero-order chi connectivity index (χ0) is 21.6. The standard InChI is InChI=1S/C19H19N3O2.CH4O3S/c20-19(21)22-18(24)14-6-3-5-13(10-14)17-15(11-23)9-8-12-4-1-2-7-16(12)17;1-5(2,3)4/h1-7,10,23H,8-9,11H2,(H4,20,21,22,24);1H3,(H,2,3,4). The van der Waals surface area contributed by atoms with Crippen LogP contribution in [0.3, 0.4) is 0 Å². The number of amides is 1. The van der Waals surface area contributed by atoms with E-state index in [2.05, 4.69) is 11.1 Å². The summed E-state index contributed by atoms with van der Waals surface area (Å²) >= 11 is 0. The Balaban J connectivity index is 0.000000537. The zero-order valence-electron chi connectivity index (χ0n) is 15.9. The minimum Gasteiger partial charge on any atom is -0.392 e. The second-order valence-electron chi connectivity index (χ2n) is 6.45. The number of rotatable bonds is 3. The molecule has 0 aliphatic heterocycles. The van der Waals surface area contributed by atoms with Gasteiger partial charge < -0.3 is 16.6 Å². The number of fused-ring (bicyclic) bond motifs is 1. The molecule has 0 heterocycles. The maximum atomic E-state index is 12.1. The van der Waals surface area contributed by atoms with Crippen molar-refractivity contribution in [1.29, 1.82) is 0 Å². The van der Waals surface area contributed by atoms with E-state index in [9.17, 15) is 18.3 Å². The summed E-state index contributed by atoms with van der Waals surface area (Å²) in [4.78, 5) is 15.7. The molecule has 8 nitrogen and oxygen atoms in total. The minimum absolute atomic E-state index is 0.00422. The number of benzene rings is 2. The number of aliphatic imine (C=N–C) groups is 1. The van der Waals surface area contributed by atoms with Crippen molar-refractivity contribution in [2.45, 2.75) is 12.8 Å². The Hall–Kier alpha value is -3.01. The monoisotopic (exact) mass is 417 g/mol. The molecule has 3 rings (SSSR count). The van der Waals surface area contributed by atoms with E-state index < -0.39 is 16.0 Å². The molecule has 0 fully saturated rings. The van der Waals surface area contributed by atoms with Crippen molar-refractivity contribution >= 4 is 27.6 Å². The number of nitrogens with two attached hydrogens (primary N) is 2. The molecule has 2 aromatic rings. The number of hydrogen-bond donors (Lipinski definition) is 4. The van der Waals surface area contributed by atoms with Crippen LogP contribution in [-0.2, 0) is 16.5 Å². The fraction of sp³-hybridized carbons (Fsp3) is 0.200. The number of carbonyl (C=O) groups is 1. The van der Waals surface area contributed by atoms with Crippen LogP contribution in [0.5, 0.6) is 0 Å². The summed E-state index contributed by atoms with van der Waals surface area (Å²) in [6.45, 7) is -0.00422. The Labute approximate surface area is 169 Å². The molecule has 2 aromatic carbocycles. The Morgan fingerprint density at radius 2 is 1.76 bits per heavy atom. The summed E-state index contributed by atoms with van der Waals surface area (Å²) in [5.41, 5.74) is 16.1. The topological polar surface area (TPSA) is 156 Å². The minimum atomic E-state index is -3.67. The first-order valence-electron chi connectivity index (χ1n) is 8.68. The lowest BCUT2D eigenvalue weighted by molar-refractivity contribution is 0.100. The second kappa shape index (κ2) is 9.46. The Kier molecular flexibility index (Phi) is 7.27. The fourth-order valence-electron chi connectivity index (χ4n) is 3.09. The maximum Gasteiger partial charge on any atom is 0.280 e. The molecule has 0 saturated carbocycles. The lowest BCUT2D eigenvalue weighted by atomic mass is 9.82. The first kappa shape index (κ1) is 22.3. The average Bonchev–Trinajstić information content (AvgIpc) is 2.65. The normalized spacial score (nSPS) is 13.1. The third-order valence-electron chi connectivity index (χ3n) is 4.16. The van der Waals surface area contributed by atoms with E-state index in [1.165, 1.54) is 5.56 Å². The van der Waals surface area contributed by atoms with Gasteiger partial charge in [0.15, 0.2) is 5.96 Å². The van der Waals surface area contributed by atoms with Crippen LogP contribution in [0.15, 0.2) is 59.1 Å². The number of aliphatic hydroxyl groups excluding tert-OH is 1. The molecule has 1 amide bonds. The highest BCUT2D eigenvalue weighted by Crippen LogP contribution is 2.36. The SMILES string of the molecule is CS(=O)(=O)O.NC(N)=NC(=O)c1cccc(C2=C(CO)CCc3ccccc32)c1. The van der Waals surface area contributed by atoms with E-state index in [0.717, 1.165) is 35.1 Å². The Morgan fingerprint density at radius 3 is 2.38 bits per heavy atom. The van der Waals surface area contributed by atoms with Crippen LogP contribution in [0.25, 0.3) is 5.57 Å². The zero-order valence-corrected chi connectivity index (χ0v) is 16.7. The van der Waals surface area contributed by atoms with Crippen molar-refractivity contribution in [2.75, 3.05) is 12.9 Å². The number of hydrogen-bond acceptors (Lipinski definition) is 4. The number of aryl methyl sites for hydroxylation is 1. The van der Waals surface area contributed by atoms with Crippen LogP contribution in [0.4, 0.5) is 0 Å². The largest absolute Gasteiger partial charge is 0.392 e. The molecule has 29 heavy (non-hydrogen) atoms. The molecule has 0 bridgehead atoms. The molecule has 0 radical (unpaired) electrons. The predicted molar refractivity (Wildman–Crippen MR) is 112 cm³/mol. The van der Waals surface area contributed by atoms with Crippen molar-refractivity contribution in [1.82, 2.24) is 0 Å². The summed E-state index contributed by atoms with van der Waals surface area (Å²) < 4.78 is 25.9. The van der Waals surface area contributed by atoms with Gasteiger partial charge in [0.2, 0.25) is 0 Å². The van der Waals surface area contributed by atoms with Crippen molar-refractivity contribution in [3.05, 3.63) is 76.4 Å². The van der Waals surface area contributed by atoms with Crippen LogP contribution < -0.4 is 11.5 Å². The molecule has 0 unspecified atom stereocenters. The van der Waals surface area contributed by atoms with E-state index in [-0.39, 0.29) is 12.6 Å². The van der Waals surface area contributed by atoms with E-state index in [0.29, 0.717) is 11.8 Å². The molecule has 0 aromatic heterocycles.